The molecule has 2 heterocycles. The van der Waals surface area contributed by atoms with Crippen LogP contribution in [0.25, 0.3) is 0 Å². The Morgan fingerprint density at radius 1 is 1.50 bits per heavy atom. The zero-order valence-electron chi connectivity index (χ0n) is 11.2. The van der Waals surface area contributed by atoms with Gasteiger partial charge in [-0.25, -0.2) is 9.29 Å². The molecule has 7 heteroatoms. The zero-order chi connectivity index (χ0) is 14.3. The molecule has 108 valence electrons. The van der Waals surface area contributed by atoms with Crippen LogP contribution in [0.4, 0.5) is 0 Å². The lowest BCUT2D eigenvalue weighted by atomic mass is 10.1. The van der Waals surface area contributed by atoms with Crippen LogP contribution in [-0.2, 0) is 10.0 Å². The lowest BCUT2D eigenvalue weighted by Crippen LogP contribution is -2.37. The standard InChI is InChI=1S/C13H17N3O3S/c1-9(7-15-10-4-5-10)8-16-13(17)11-3-2-6-14-12(11)20(16,18)19/h2-3,6,9-10,15H,4-5,7-8H2,1H3. The van der Waals surface area contributed by atoms with E-state index in [4.69, 9.17) is 0 Å². The van der Waals surface area contributed by atoms with Gasteiger partial charge in [-0.05, 0) is 37.4 Å². The van der Waals surface area contributed by atoms with E-state index >= 15 is 0 Å². The van der Waals surface area contributed by atoms with Crippen molar-refractivity contribution in [3.05, 3.63) is 23.9 Å². The summed E-state index contributed by atoms with van der Waals surface area (Å²) in [5.41, 5.74) is 0.176. The SMILES string of the molecule is CC(CNC1CC1)CN1C(=O)c2cccnc2S1(=O)=O. The lowest BCUT2D eigenvalue weighted by molar-refractivity contribution is 0.0858. The minimum absolute atomic E-state index is 0.0728. The molecular formula is C13H17N3O3S. The number of amides is 1. The first kappa shape index (κ1) is 13.5. The fraction of sp³-hybridized carbons (Fsp3) is 0.538. The number of rotatable bonds is 5. The Morgan fingerprint density at radius 3 is 2.90 bits per heavy atom. The van der Waals surface area contributed by atoms with Crippen molar-refractivity contribution >= 4 is 15.9 Å². The van der Waals surface area contributed by atoms with E-state index in [1.807, 2.05) is 6.92 Å². The van der Waals surface area contributed by atoms with Gasteiger partial charge >= 0.3 is 0 Å². The van der Waals surface area contributed by atoms with Gasteiger partial charge in [-0.3, -0.25) is 4.79 Å². The van der Waals surface area contributed by atoms with Crippen LogP contribution in [0.5, 0.6) is 0 Å². The predicted octanol–water partition coefficient (Wildman–Crippen LogP) is 0.614. The summed E-state index contributed by atoms with van der Waals surface area (Å²) in [5.74, 6) is -0.394. The van der Waals surface area contributed by atoms with E-state index in [2.05, 4.69) is 10.3 Å². The van der Waals surface area contributed by atoms with Crippen molar-refractivity contribution in [2.24, 2.45) is 5.92 Å². The van der Waals surface area contributed by atoms with E-state index in [0.29, 0.717) is 12.6 Å². The summed E-state index contributed by atoms with van der Waals surface area (Å²) in [7, 11) is -3.77. The largest absolute Gasteiger partial charge is 0.314 e. The second-order valence-electron chi connectivity index (χ2n) is 5.49. The van der Waals surface area contributed by atoms with Crippen LogP contribution in [0.1, 0.15) is 30.1 Å². The Balaban J connectivity index is 1.75. The molecule has 1 aromatic heterocycles. The quantitative estimate of drug-likeness (QED) is 0.861. The summed E-state index contributed by atoms with van der Waals surface area (Å²) >= 11 is 0. The molecule has 3 rings (SSSR count). The topological polar surface area (TPSA) is 79.4 Å². The van der Waals surface area contributed by atoms with Crippen LogP contribution in [0.2, 0.25) is 0 Å². The first-order chi connectivity index (χ1) is 9.50. The maximum atomic E-state index is 12.3. The van der Waals surface area contributed by atoms with Gasteiger partial charge in [0.15, 0.2) is 5.03 Å². The van der Waals surface area contributed by atoms with Crippen molar-refractivity contribution in [3.63, 3.8) is 0 Å². The zero-order valence-corrected chi connectivity index (χ0v) is 12.1. The highest BCUT2D eigenvalue weighted by Crippen LogP contribution is 2.28. The minimum atomic E-state index is -3.77. The minimum Gasteiger partial charge on any atom is -0.314 e. The van der Waals surface area contributed by atoms with Gasteiger partial charge in [-0.2, -0.15) is 8.42 Å². The number of carbonyl (C=O) groups excluding carboxylic acids is 1. The fourth-order valence-corrected chi connectivity index (χ4v) is 3.89. The van der Waals surface area contributed by atoms with E-state index in [-0.39, 0.29) is 23.1 Å². The molecule has 0 aromatic carbocycles. The highest BCUT2D eigenvalue weighted by molar-refractivity contribution is 7.90. The summed E-state index contributed by atoms with van der Waals surface area (Å²) in [5, 5.41) is 3.23. The van der Waals surface area contributed by atoms with Crippen LogP contribution in [0, 0.1) is 5.92 Å². The summed E-state index contributed by atoms with van der Waals surface area (Å²) in [6.45, 7) is 2.85. The lowest BCUT2D eigenvalue weighted by Gasteiger charge is -2.20. The number of hydrogen-bond acceptors (Lipinski definition) is 5. The molecule has 20 heavy (non-hydrogen) atoms. The Bertz CT molecular complexity index is 640. The molecule has 2 aliphatic rings. The molecule has 0 bridgehead atoms. The van der Waals surface area contributed by atoms with Crippen molar-refractivity contribution < 1.29 is 13.2 Å². The number of hydrogen-bond donors (Lipinski definition) is 1. The number of nitrogens with one attached hydrogen (secondary N) is 1. The second-order valence-corrected chi connectivity index (χ2v) is 7.26. The van der Waals surface area contributed by atoms with Crippen LogP contribution >= 0.6 is 0 Å². The van der Waals surface area contributed by atoms with Gasteiger partial charge in [0, 0.05) is 18.8 Å². The molecule has 1 fully saturated rings. The van der Waals surface area contributed by atoms with E-state index in [0.717, 1.165) is 4.31 Å². The molecule has 1 amide bonds. The van der Waals surface area contributed by atoms with Gasteiger partial charge in [-0.1, -0.05) is 6.92 Å². The molecule has 0 radical (unpaired) electrons. The van der Waals surface area contributed by atoms with Crippen molar-refractivity contribution in [1.29, 1.82) is 0 Å². The van der Waals surface area contributed by atoms with Crippen molar-refractivity contribution in [2.75, 3.05) is 13.1 Å². The third kappa shape index (κ3) is 2.31. The Morgan fingerprint density at radius 2 is 2.25 bits per heavy atom. The van der Waals surface area contributed by atoms with E-state index in [9.17, 15) is 13.2 Å². The number of sulfonamides is 1. The van der Waals surface area contributed by atoms with Gasteiger partial charge in [0.2, 0.25) is 0 Å². The van der Waals surface area contributed by atoms with Crippen LogP contribution in [0.3, 0.4) is 0 Å². The average molecular weight is 295 g/mol. The van der Waals surface area contributed by atoms with Crippen LogP contribution in [-0.4, -0.2) is 42.7 Å². The molecule has 1 saturated carbocycles. The molecule has 6 nitrogen and oxygen atoms in total. The number of carbonyl (C=O) groups is 1. The average Bonchev–Trinajstić information content (AvgIpc) is 3.23. The summed E-state index contributed by atoms with van der Waals surface area (Å²) in [4.78, 5) is 16.0. The molecule has 1 aliphatic carbocycles. The summed E-state index contributed by atoms with van der Waals surface area (Å²) in [6.07, 6.45) is 3.76. The van der Waals surface area contributed by atoms with Gasteiger partial charge in [0.25, 0.3) is 15.9 Å². The molecule has 1 unspecified atom stereocenters. The van der Waals surface area contributed by atoms with Crippen LogP contribution in [0.15, 0.2) is 23.4 Å². The molecule has 1 N–H and O–H groups in total. The fourth-order valence-electron chi connectivity index (χ4n) is 2.29. The molecule has 1 atom stereocenters. The first-order valence-electron chi connectivity index (χ1n) is 6.75. The Labute approximate surface area is 118 Å². The van der Waals surface area contributed by atoms with Crippen molar-refractivity contribution in [2.45, 2.75) is 30.8 Å². The third-order valence-electron chi connectivity index (χ3n) is 3.57. The van der Waals surface area contributed by atoms with Gasteiger partial charge < -0.3 is 5.32 Å². The normalized spacial score (nSPS) is 21.9. The monoisotopic (exact) mass is 295 g/mol. The highest BCUT2D eigenvalue weighted by Gasteiger charge is 2.42. The Kier molecular flexibility index (Phi) is 3.25. The maximum Gasteiger partial charge on any atom is 0.285 e. The smallest absolute Gasteiger partial charge is 0.285 e. The number of fused-ring (bicyclic) bond motifs is 1. The molecular weight excluding hydrogens is 278 g/mol. The second kappa shape index (κ2) is 4.82. The summed E-state index contributed by atoms with van der Waals surface area (Å²) in [6, 6.07) is 3.66. The first-order valence-corrected chi connectivity index (χ1v) is 8.19. The van der Waals surface area contributed by atoms with E-state index in [1.54, 1.807) is 6.07 Å². The molecule has 1 aliphatic heterocycles. The molecule has 0 spiro atoms. The van der Waals surface area contributed by atoms with Crippen molar-refractivity contribution in [3.8, 4) is 0 Å². The molecule has 1 aromatic rings. The number of nitrogens with zero attached hydrogens (tertiary/aromatic N) is 2. The third-order valence-corrected chi connectivity index (χ3v) is 5.28. The van der Waals surface area contributed by atoms with Crippen LogP contribution < -0.4 is 5.32 Å². The molecule has 0 saturated heterocycles. The number of aromatic nitrogens is 1. The van der Waals surface area contributed by atoms with E-state index in [1.165, 1.54) is 25.1 Å². The van der Waals surface area contributed by atoms with Gasteiger partial charge in [0.05, 0.1) is 5.56 Å². The van der Waals surface area contributed by atoms with Gasteiger partial charge in [-0.15, -0.1) is 0 Å². The Hall–Kier alpha value is -1.47. The maximum absolute atomic E-state index is 12.3. The van der Waals surface area contributed by atoms with E-state index < -0.39 is 15.9 Å². The summed E-state index contributed by atoms with van der Waals surface area (Å²) < 4.78 is 25.6. The van der Waals surface area contributed by atoms with Crippen molar-refractivity contribution in [1.82, 2.24) is 14.6 Å². The van der Waals surface area contributed by atoms with Gasteiger partial charge in [0.1, 0.15) is 0 Å². The predicted molar refractivity (Wildman–Crippen MR) is 72.6 cm³/mol. The highest BCUT2D eigenvalue weighted by atomic mass is 32.2. The number of pyridine rings is 1.